The van der Waals surface area contributed by atoms with Crippen molar-refractivity contribution < 1.29 is 17.9 Å². The SMILES string of the molecule is COc1ccc(C2=CC3CCCC(C2)S3(=O)=O)c(OC)n1. The zero-order valence-electron chi connectivity index (χ0n) is 12.2. The molecule has 0 saturated carbocycles. The van der Waals surface area contributed by atoms with Crippen LogP contribution in [0.5, 0.6) is 11.8 Å². The van der Waals surface area contributed by atoms with Crippen LogP contribution < -0.4 is 9.47 Å². The number of rotatable bonds is 3. The second kappa shape index (κ2) is 5.33. The first-order valence-corrected chi connectivity index (χ1v) is 8.70. The molecular formula is C15H19NO4S. The van der Waals surface area contributed by atoms with Crippen molar-refractivity contribution in [2.24, 2.45) is 0 Å². The van der Waals surface area contributed by atoms with Crippen molar-refractivity contribution in [1.82, 2.24) is 4.98 Å². The Morgan fingerprint density at radius 3 is 2.67 bits per heavy atom. The van der Waals surface area contributed by atoms with Crippen LogP contribution in [0.15, 0.2) is 18.2 Å². The van der Waals surface area contributed by atoms with Gasteiger partial charge in [0.1, 0.15) is 0 Å². The molecule has 0 aromatic carbocycles. The molecular weight excluding hydrogens is 290 g/mol. The van der Waals surface area contributed by atoms with Gasteiger partial charge < -0.3 is 9.47 Å². The Hall–Kier alpha value is -1.56. The van der Waals surface area contributed by atoms with Gasteiger partial charge in [-0.1, -0.05) is 12.5 Å². The Labute approximate surface area is 124 Å². The molecule has 0 amide bonds. The van der Waals surface area contributed by atoms with Crippen LogP contribution in [0.2, 0.25) is 0 Å². The van der Waals surface area contributed by atoms with Gasteiger partial charge >= 0.3 is 0 Å². The molecule has 1 aromatic heterocycles. The minimum atomic E-state index is -3.00. The fourth-order valence-corrected chi connectivity index (χ4v) is 5.44. The Balaban J connectivity index is 2.04. The summed E-state index contributed by atoms with van der Waals surface area (Å²) < 4.78 is 35.1. The van der Waals surface area contributed by atoms with Crippen molar-refractivity contribution in [2.45, 2.75) is 36.2 Å². The molecule has 2 bridgehead atoms. The predicted molar refractivity (Wildman–Crippen MR) is 80.3 cm³/mol. The lowest BCUT2D eigenvalue weighted by Crippen LogP contribution is -2.38. The third kappa shape index (κ3) is 2.41. The number of sulfone groups is 1. The second-order valence-electron chi connectivity index (χ2n) is 5.49. The summed E-state index contributed by atoms with van der Waals surface area (Å²) in [5.74, 6) is 0.970. The van der Waals surface area contributed by atoms with Gasteiger partial charge in [-0.3, -0.25) is 0 Å². The highest BCUT2D eigenvalue weighted by molar-refractivity contribution is 7.93. The molecule has 2 unspecified atom stereocenters. The van der Waals surface area contributed by atoms with E-state index >= 15 is 0 Å². The van der Waals surface area contributed by atoms with Gasteiger partial charge in [-0.15, -0.1) is 0 Å². The summed E-state index contributed by atoms with van der Waals surface area (Å²) in [6.07, 6.45) is 4.88. The minimum Gasteiger partial charge on any atom is -0.481 e. The number of allylic oxidation sites excluding steroid dienone is 1. The molecule has 3 rings (SSSR count). The molecule has 1 saturated heterocycles. The van der Waals surface area contributed by atoms with Gasteiger partial charge in [-0.05, 0) is 30.9 Å². The molecule has 6 heteroatoms. The third-order valence-electron chi connectivity index (χ3n) is 4.32. The van der Waals surface area contributed by atoms with E-state index in [0.717, 1.165) is 24.0 Å². The molecule has 21 heavy (non-hydrogen) atoms. The summed E-state index contributed by atoms with van der Waals surface area (Å²) in [4.78, 5) is 4.28. The van der Waals surface area contributed by atoms with Crippen LogP contribution in [0.4, 0.5) is 0 Å². The fraction of sp³-hybridized carbons (Fsp3) is 0.533. The maximum atomic E-state index is 12.3. The van der Waals surface area contributed by atoms with Gasteiger partial charge in [0.15, 0.2) is 9.84 Å². The Kier molecular flexibility index (Phi) is 3.65. The molecule has 5 nitrogen and oxygen atoms in total. The monoisotopic (exact) mass is 309 g/mol. The molecule has 2 aliphatic heterocycles. The molecule has 1 fully saturated rings. The highest BCUT2D eigenvalue weighted by Gasteiger charge is 2.40. The van der Waals surface area contributed by atoms with E-state index in [2.05, 4.69) is 4.98 Å². The number of aromatic nitrogens is 1. The van der Waals surface area contributed by atoms with E-state index in [1.54, 1.807) is 20.3 Å². The molecule has 2 aliphatic rings. The number of fused-ring (bicyclic) bond motifs is 2. The largest absolute Gasteiger partial charge is 0.481 e. The second-order valence-corrected chi connectivity index (χ2v) is 7.94. The Morgan fingerprint density at radius 2 is 2.00 bits per heavy atom. The minimum absolute atomic E-state index is 0.261. The van der Waals surface area contributed by atoms with Crippen molar-refractivity contribution in [3.05, 3.63) is 23.8 Å². The molecule has 0 radical (unpaired) electrons. The number of hydrogen-bond acceptors (Lipinski definition) is 5. The fourth-order valence-electron chi connectivity index (χ4n) is 3.19. The molecule has 114 valence electrons. The first-order chi connectivity index (χ1) is 10.1. The summed E-state index contributed by atoms with van der Waals surface area (Å²) in [6, 6.07) is 3.67. The van der Waals surface area contributed by atoms with Crippen LogP contribution in [-0.2, 0) is 9.84 Å². The molecule has 2 atom stereocenters. The van der Waals surface area contributed by atoms with Gasteiger partial charge in [-0.2, -0.15) is 4.98 Å². The smallest absolute Gasteiger partial charge is 0.224 e. The van der Waals surface area contributed by atoms with E-state index in [1.165, 1.54) is 0 Å². The summed E-state index contributed by atoms with van der Waals surface area (Å²) in [7, 11) is 0.114. The van der Waals surface area contributed by atoms with E-state index in [-0.39, 0.29) is 10.5 Å². The quantitative estimate of drug-likeness (QED) is 0.856. The van der Waals surface area contributed by atoms with Crippen molar-refractivity contribution in [1.29, 1.82) is 0 Å². The predicted octanol–water partition coefficient (Wildman–Crippen LogP) is 2.22. The van der Waals surface area contributed by atoms with Crippen molar-refractivity contribution >= 4 is 15.4 Å². The zero-order valence-corrected chi connectivity index (χ0v) is 13.0. The van der Waals surface area contributed by atoms with Crippen molar-refractivity contribution in [3.63, 3.8) is 0 Å². The van der Waals surface area contributed by atoms with E-state index < -0.39 is 9.84 Å². The van der Waals surface area contributed by atoms with Crippen LogP contribution in [0.3, 0.4) is 0 Å². The van der Waals surface area contributed by atoms with E-state index in [4.69, 9.17) is 9.47 Å². The van der Waals surface area contributed by atoms with E-state index in [1.807, 2.05) is 12.1 Å². The van der Waals surface area contributed by atoms with E-state index in [0.29, 0.717) is 24.6 Å². The summed E-state index contributed by atoms with van der Waals surface area (Å²) in [5, 5.41) is -0.616. The zero-order chi connectivity index (χ0) is 15.0. The first kappa shape index (κ1) is 14.4. The molecule has 0 N–H and O–H groups in total. The highest BCUT2D eigenvalue weighted by Crippen LogP contribution is 2.41. The van der Waals surface area contributed by atoms with E-state index in [9.17, 15) is 8.42 Å². The lowest BCUT2D eigenvalue weighted by molar-refractivity contribution is 0.363. The number of pyridine rings is 1. The highest BCUT2D eigenvalue weighted by atomic mass is 32.2. The molecule has 0 spiro atoms. The maximum absolute atomic E-state index is 12.3. The summed E-state index contributed by atoms with van der Waals surface area (Å²) in [6.45, 7) is 0. The normalized spacial score (nSPS) is 26.9. The Bertz CT molecular complexity index is 681. The average Bonchev–Trinajstić information content (AvgIpc) is 2.45. The van der Waals surface area contributed by atoms with Crippen LogP contribution in [0.25, 0.3) is 5.57 Å². The third-order valence-corrected chi connectivity index (χ3v) is 6.87. The van der Waals surface area contributed by atoms with Gasteiger partial charge in [0, 0.05) is 11.6 Å². The van der Waals surface area contributed by atoms with Crippen LogP contribution in [0.1, 0.15) is 31.2 Å². The standard InChI is InChI=1S/C15H19NO4S/c1-19-14-7-6-13(15(16-14)20-2)10-8-11-4-3-5-12(9-10)21(11,17)18/h6-8,11-12H,3-5,9H2,1-2H3. The summed E-state index contributed by atoms with van der Waals surface area (Å²) in [5.41, 5.74) is 1.89. The van der Waals surface area contributed by atoms with Gasteiger partial charge in [0.25, 0.3) is 0 Å². The summed E-state index contributed by atoms with van der Waals surface area (Å²) >= 11 is 0. The van der Waals surface area contributed by atoms with Gasteiger partial charge in [0.05, 0.1) is 24.7 Å². The number of methoxy groups -OCH3 is 2. The lowest BCUT2D eigenvalue weighted by Gasteiger charge is -2.33. The average molecular weight is 309 g/mol. The number of nitrogens with zero attached hydrogens (tertiary/aromatic N) is 1. The number of ether oxygens (including phenoxy) is 2. The molecule has 3 heterocycles. The van der Waals surface area contributed by atoms with Gasteiger partial charge in [0.2, 0.25) is 11.8 Å². The molecule has 0 aliphatic carbocycles. The van der Waals surface area contributed by atoms with Crippen molar-refractivity contribution in [2.75, 3.05) is 14.2 Å². The van der Waals surface area contributed by atoms with Crippen LogP contribution >= 0.6 is 0 Å². The Morgan fingerprint density at radius 1 is 1.19 bits per heavy atom. The molecule has 1 aromatic rings. The van der Waals surface area contributed by atoms with Crippen molar-refractivity contribution in [3.8, 4) is 11.8 Å². The topological polar surface area (TPSA) is 65.5 Å². The lowest BCUT2D eigenvalue weighted by atomic mass is 9.94. The maximum Gasteiger partial charge on any atom is 0.224 e. The van der Waals surface area contributed by atoms with Crippen LogP contribution in [-0.4, -0.2) is 38.1 Å². The van der Waals surface area contributed by atoms with Gasteiger partial charge in [-0.25, -0.2) is 8.42 Å². The number of hydrogen-bond donors (Lipinski definition) is 0. The first-order valence-electron chi connectivity index (χ1n) is 7.09. The van der Waals surface area contributed by atoms with Crippen LogP contribution in [0, 0.1) is 0 Å².